The minimum atomic E-state index is -0.356. The van der Waals surface area contributed by atoms with Crippen molar-refractivity contribution in [2.24, 2.45) is 0 Å². The van der Waals surface area contributed by atoms with Crippen molar-refractivity contribution in [1.82, 2.24) is 19.7 Å². The molecule has 0 bridgehead atoms. The Morgan fingerprint density at radius 2 is 1.63 bits per heavy atom. The minimum absolute atomic E-state index is 0.0111. The van der Waals surface area contributed by atoms with E-state index in [1.807, 2.05) is 30.5 Å². The summed E-state index contributed by atoms with van der Waals surface area (Å²) in [5.74, 6) is 0.754. The maximum absolute atomic E-state index is 13.4. The number of carbonyl (C=O) groups is 1. The molecule has 158 valence electrons. The average molecular weight is 431 g/mol. The molecule has 0 amide bonds. The van der Waals surface area contributed by atoms with Gasteiger partial charge in [0.05, 0.1) is 6.04 Å². The number of thioether (sulfide) groups is 1. The lowest BCUT2D eigenvalue weighted by atomic mass is 10.1. The molecule has 0 saturated heterocycles. The maximum Gasteiger partial charge on any atom is 0.195 e. The number of halogens is 2. The van der Waals surface area contributed by atoms with Crippen molar-refractivity contribution >= 4 is 17.5 Å². The molecular formula is C22H24F2N4OS. The molecule has 0 aliphatic rings. The first-order chi connectivity index (χ1) is 14.4. The molecule has 3 aromatic rings. The zero-order valence-corrected chi connectivity index (χ0v) is 18.0. The first-order valence-corrected chi connectivity index (χ1v) is 10.6. The third-order valence-electron chi connectivity index (χ3n) is 4.84. The van der Waals surface area contributed by atoms with Crippen LogP contribution >= 0.6 is 11.8 Å². The van der Waals surface area contributed by atoms with Crippen LogP contribution < -0.4 is 0 Å². The number of nitrogens with zero attached hydrogens (tertiary/aromatic N) is 4. The second-order valence-electron chi connectivity index (χ2n) is 7.17. The summed E-state index contributed by atoms with van der Waals surface area (Å²) in [6.45, 7) is 2.03. The van der Waals surface area contributed by atoms with Gasteiger partial charge in [-0.1, -0.05) is 11.8 Å². The number of rotatable bonds is 9. The van der Waals surface area contributed by atoms with Gasteiger partial charge in [-0.2, -0.15) is 0 Å². The van der Waals surface area contributed by atoms with Gasteiger partial charge in [-0.15, -0.1) is 10.2 Å². The predicted octanol–water partition coefficient (Wildman–Crippen LogP) is 4.92. The Morgan fingerprint density at radius 1 is 1.03 bits per heavy atom. The molecule has 0 fully saturated rings. The standard InChI is InChI=1S/C22H24F2N4OS/c1-15(27(2)3)21-25-26-22(28(21)19-12-10-18(24)11-13-19)30-14-4-5-20(29)16-6-8-17(23)9-7-16/h6-13,15H,4-5,14H2,1-3H3. The fourth-order valence-corrected chi connectivity index (χ4v) is 3.78. The highest BCUT2D eigenvalue weighted by Gasteiger charge is 2.21. The number of ketones is 1. The molecule has 0 spiro atoms. The van der Waals surface area contributed by atoms with Crippen LogP contribution in [0.25, 0.3) is 5.69 Å². The van der Waals surface area contributed by atoms with E-state index in [0.717, 1.165) is 11.5 Å². The first-order valence-electron chi connectivity index (χ1n) is 9.66. The van der Waals surface area contributed by atoms with Gasteiger partial charge in [0.25, 0.3) is 0 Å². The number of aromatic nitrogens is 3. The quantitative estimate of drug-likeness (QED) is 0.274. The maximum atomic E-state index is 13.4. The second kappa shape index (κ2) is 9.95. The summed E-state index contributed by atoms with van der Waals surface area (Å²) in [5, 5.41) is 9.39. The van der Waals surface area contributed by atoms with E-state index in [-0.39, 0.29) is 23.5 Å². The Hall–Kier alpha value is -2.58. The molecular weight excluding hydrogens is 406 g/mol. The zero-order valence-electron chi connectivity index (χ0n) is 17.2. The van der Waals surface area contributed by atoms with Gasteiger partial charge in [0.1, 0.15) is 11.6 Å². The summed E-state index contributed by atoms with van der Waals surface area (Å²) in [4.78, 5) is 14.3. The van der Waals surface area contributed by atoms with Gasteiger partial charge in [0.2, 0.25) is 0 Å². The van der Waals surface area contributed by atoms with Crippen molar-refractivity contribution in [3.63, 3.8) is 0 Å². The van der Waals surface area contributed by atoms with E-state index in [1.165, 1.54) is 48.2 Å². The van der Waals surface area contributed by atoms with E-state index in [2.05, 4.69) is 10.2 Å². The molecule has 1 aromatic heterocycles. The number of Topliss-reactive ketones (excluding diaryl/α,β-unsaturated/α-hetero) is 1. The molecule has 8 heteroatoms. The molecule has 1 heterocycles. The lowest BCUT2D eigenvalue weighted by molar-refractivity contribution is 0.0982. The number of carbonyl (C=O) groups excluding carboxylic acids is 1. The van der Waals surface area contributed by atoms with Crippen molar-refractivity contribution in [3.8, 4) is 5.69 Å². The highest BCUT2D eigenvalue weighted by molar-refractivity contribution is 7.99. The second-order valence-corrected chi connectivity index (χ2v) is 8.24. The van der Waals surface area contributed by atoms with Crippen LogP contribution in [0, 0.1) is 11.6 Å². The number of hydrogen-bond acceptors (Lipinski definition) is 5. The molecule has 0 radical (unpaired) electrons. The molecule has 0 N–H and O–H groups in total. The van der Waals surface area contributed by atoms with Crippen LogP contribution in [0.2, 0.25) is 0 Å². The van der Waals surface area contributed by atoms with Crippen LogP contribution in [0.3, 0.4) is 0 Å². The van der Waals surface area contributed by atoms with Crippen LogP contribution in [0.15, 0.2) is 53.7 Å². The van der Waals surface area contributed by atoms with Crippen molar-refractivity contribution in [1.29, 1.82) is 0 Å². The van der Waals surface area contributed by atoms with Crippen molar-refractivity contribution in [2.75, 3.05) is 19.8 Å². The molecule has 0 saturated carbocycles. The zero-order chi connectivity index (χ0) is 21.7. The Balaban J connectivity index is 1.70. The predicted molar refractivity (Wildman–Crippen MR) is 114 cm³/mol. The lowest BCUT2D eigenvalue weighted by Crippen LogP contribution is -2.20. The van der Waals surface area contributed by atoms with Gasteiger partial charge >= 0.3 is 0 Å². The van der Waals surface area contributed by atoms with Crippen LogP contribution in [0.4, 0.5) is 8.78 Å². The third kappa shape index (κ3) is 5.31. The topological polar surface area (TPSA) is 51.0 Å². The summed E-state index contributed by atoms with van der Waals surface area (Å²) in [6, 6.07) is 11.8. The normalized spacial score (nSPS) is 12.3. The van der Waals surface area contributed by atoms with Crippen LogP contribution in [-0.4, -0.2) is 45.3 Å². The molecule has 5 nitrogen and oxygen atoms in total. The Labute approximate surface area is 179 Å². The number of hydrogen-bond donors (Lipinski definition) is 0. The molecule has 1 unspecified atom stereocenters. The molecule has 2 aromatic carbocycles. The van der Waals surface area contributed by atoms with Crippen LogP contribution in [-0.2, 0) is 0 Å². The monoisotopic (exact) mass is 430 g/mol. The minimum Gasteiger partial charge on any atom is -0.300 e. The smallest absolute Gasteiger partial charge is 0.195 e. The average Bonchev–Trinajstić information content (AvgIpc) is 3.15. The molecule has 30 heavy (non-hydrogen) atoms. The van der Waals surface area contributed by atoms with E-state index in [1.54, 1.807) is 12.1 Å². The Bertz CT molecular complexity index is 987. The molecule has 1 atom stereocenters. The summed E-state index contributed by atoms with van der Waals surface area (Å²) in [7, 11) is 3.92. The van der Waals surface area contributed by atoms with Gasteiger partial charge in [-0.05, 0) is 76.0 Å². The highest BCUT2D eigenvalue weighted by atomic mass is 32.2. The van der Waals surface area contributed by atoms with E-state index in [9.17, 15) is 13.6 Å². The molecule has 0 aliphatic heterocycles. The van der Waals surface area contributed by atoms with Crippen molar-refractivity contribution < 1.29 is 13.6 Å². The third-order valence-corrected chi connectivity index (χ3v) is 5.85. The SMILES string of the molecule is CC(c1nnc(SCCCC(=O)c2ccc(F)cc2)n1-c1ccc(F)cc1)N(C)C. The van der Waals surface area contributed by atoms with Crippen molar-refractivity contribution in [2.45, 2.75) is 31.0 Å². The van der Waals surface area contributed by atoms with E-state index in [4.69, 9.17) is 0 Å². The highest BCUT2D eigenvalue weighted by Crippen LogP contribution is 2.27. The van der Waals surface area contributed by atoms with Gasteiger partial charge < -0.3 is 0 Å². The lowest BCUT2D eigenvalue weighted by Gasteiger charge is -2.20. The van der Waals surface area contributed by atoms with Crippen LogP contribution in [0.5, 0.6) is 0 Å². The van der Waals surface area contributed by atoms with Gasteiger partial charge in [0, 0.05) is 23.4 Å². The van der Waals surface area contributed by atoms with Gasteiger partial charge in [0.15, 0.2) is 16.8 Å². The van der Waals surface area contributed by atoms with E-state index >= 15 is 0 Å². The summed E-state index contributed by atoms with van der Waals surface area (Å²) in [5.41, 5.74) is 1.30. The largest absolute Gasteiger partial charge is 0.300 e. The van der Waals surface area contributed by atoms with Gasteiger partial charge in [-0.3, -0.25) is 14.3 Å². The number of benzene rings is 2. The van der Waals surface area contributed by atoms with E-state index in [0.29, 0.717) is 29.3 Å². The molecule has 3 rings (SSSR count). The molecule has 0 aliphatic carbocycles. The summed E-state index contributed by atoms with van der Waals surface area (Å²) >= 11 is 1.50. The van der Waals surface area contributed by atoms with Crippen molar-refractivity contribution in [3.05, 3.63) is 71.6 Å². The van der Waals surface area contributed by atoms with Gasteiger partial charge in [-0.25, -0.2) is 8.78 Å². The Morgan fingerprint density at radius 3 is 2.23 bits per heavy atom. The first kappa shape index (κ1) is 22.1. The summed E-state index contributed by atoms with van der Waals surface area (Å²) < 4.78 is 28.3. The summed E-state index contributed by atoms with van der Waals surface area (Å²) in [6.07, 6.45) is 1.01. The fraction of sp³-hybridized carbons (Fsp3) is 0.318. The Kier molecular flexibility index (Phi) is 7.33. The van der Waals surface area contributed by atoms with E-state index < -0.39 is 0 Å². The fourth-order valence-electron chi connectivity index (χ4n) is 2.89. The van der Waals surface area contributed by atoms with Crippen LogP contribution in [0.1, 0.15) is 42.0 Å².